The van der Waals surface area contributed by atoms with Crippen molar-refractivity contribution in [3.05, 3.63) is 29.8 Å². The second-order valence-electron chi connectivity index (χ2n) is 4.33. The molecule has 1 atom stereocenters. The van der Waals surface area contributed by atoms with Crippen molar-refractivity contribution in [1.82, 2.24) is 10.2 Å². The van der Waals surface area contributed by atoms with E-state index in [0.29, 0.717) is 0 Å². The van der Waals surface area contributed by atoms with Gasteiger partial charge in [0.2, 0.25) is 5.91 Å². The first kappa shape index (κ1) is 12.5. The van der Waals surface area contributed by atoms with E-state index in [2.05, 4.69) is 29.6 Å². The van der Waals surface area contributed by atoms with Crippen LogP contribution < -0.4 is 5.32 Å². The van der Waals surface area contributed by atoms with Crippen molar-refractivity contribution in [3.63, 3.8) is 0 Å². The average molecular weight is 250 g/mol. The molecule has 0 bridgehead atoms. The second kappa shape index (κ2) is 5.56. The van der Waals surface area contributed by atoms with Gasteiger partial charge in [-0.05, 0) is 31.2 Å². The van der Waals surface area contributed by atoms with E-state index in [4.69, 9.17) is 0 Å². The van der Waals surface area contributed by atoms with Gasteiger partial charge in [-0.2, -0.15) is 0 Å². The van der Waals surface area contributed by atoms with Crippen molar-refractivity contribution in [1.29, 1.82) is 0 Å². The summed E-state index contributed by atoms with van der Waals surface area (Å²) in [6.45, 7) is 1.75. The molecule has 1 N–H and O–H groups in total. The van der Waals surface area contributed by atoms with Crippen LogP contribution in [0.5, 0.6) is 0 Å². The molecule has 1 aromatic carbocycles. The van der Waals surface area contributed by atoms with E-state index in [1.165, 1.54) is 10.5 Å². The zero-order valence-electron chi connectivity index (χ0n) is 10.3. The molecule has 3 nitrogen and oxygen atoms in total. The van der Waals surface area contributed by atoms with Gasteiger partial charge in [0, 0.05) is 25.0 Å². The molecule has 0 saturated carbocycles. The molecule has 1 unspecified atom stereocenters. The minimum atomic E-state index is 0.102. The molecule has 1 amide bonds. The van der Waals surface area contributed by atoms with Gasteiger partial charge in [0.1, 0.15) is 0 Å². The lowest BCUT2D eigenvalue weighted by atomic mass is 10.2. The SMILES string of the molecule is CNCc1cccc(SC2CCN(C)C2=O)c1. The van der Waals surface area contributed by atoms with Crippen LogP contribution in [0.15, 0.2) is 29.2 Å². The standard InChI is InChI=1S/C13H18N2OS/c1-14-9-10-4-3-5-11(8-10)17-12-6-7-15(2)13(12)16/h3-5,8,12,14H,6-7,9H2,1-2H3. The number of nitrogens with zero attached hydrogens (tertiary/aromatic N) is 1. The summed E-state index contributed by atoms with van der Waals surface area (Å²) < 4.78 is 0. The van der Waals surface area contributed by atoms with Crippen molar-refractivity contribution in [2.75, 3.05) is 20.6 Å². The predicted molar refractivity (Wildman–Crippen MR) is 71.1 cm³/mol. The number of benzene rings is 1. The summed E-state index contributed by atoms with van der Waals surface area (Å²) in [5, 5.41) is 3.24. The van der Waals surface area contributed by atoms with Crippen LogP contribution in [0.1, 0.15) is 12.0 Å². The number of nitrogens with one attached hydrogen (secondary N) is 1. The molecule has 1 heterocycles. The van der Waals surface area contributed by atoms with Crippen LogP contribution in [0.4, 0.5) is 0 Å². The Morgan fingerprint density at radius 1 is 1.53 bits per heavy atom. The number of carbonyl (C=O) groups excluding carboxylic acids is 1. The quantitative estimate of drug-likeness (QED) is 0.883. The summed E-state index contributed by atoms with van der Waals surface area (Å²) in [7, 11) is 3.82. The molecule has 1 aliphatic rings. The Bertz CT molecular complexity index is 408. The van der Waals surface area contributed by atoms with E-state index in [9.17, 15) is 4.79 Å². The molecule has 2 rings (SSSR count). The Balaban J connectivity index is 2.03. The average Bonchev–Trinajstić information content (AvgIpc) is 2.62. The maximum absolute atomic E-state index is 11.8. The van der Waals surface area contributed by atoms with Gasteiger partial charge in [0.05, 0.1) is 5.25 Å². The third kappa shape index (κ3) is 3.01. The van der Waals surface area contributed by atoms with Gasteiger partial charge >= 0.3 is 0 Å². The van der Waals surface area contributed by atoms with Crippen molar-refractivity contribution in [2.45, 2.75) is 23.1 Å². The fourth-order valence-electron chi connectivity index (χ4n) is 2.00. The van der Waals surface area contributed by atoms with Gasteiger partial charge in [-0.1, -0.05) is 12.1 Å². The number of hydrogen-bond donors (Lipinski definition) is 1. The van der Waals surface area contributed by atoms with Crippen molar-refractivity contribution in [3.8, 4) is 0 Å². The number of hydrogen-bond acceptors (Lipinski definition) is 3. The molecule has 1 saturated heterocycles. The van der Waals surface area contributed by atoms with E-state index in [0.717, 1.165) is 19.5 Å². The van der Waals surface area contributed by atoms with Gasteiger partial charge in [0.25, 0.3) is 0 Å². The van der Waals surface area contributed by atoms with E-state index < -0.39 is 0 Å². The minimum Gasteiger partial charge on any atom is -0.345 e. The second-order valence-corrected chi connectivity index (χ2v) is 5.61. The molecule has 1 aliphatic heterocycles. The van der Waals surface area contributed by atoms with E-state index >= 15 is 0 Å². The van der Waals surface area contributed by atoms with Crippen LogP contribution >= 0.6 is 11.8 Å². The minimum absolute atomic E-state index is 0.102. The lowest BCUT2D eigenvalue weighted by Gasteiger charge is -2.10. The maximum atomic E-state index is 11.8. The van der Waals surface area contributed by atoms with E-state index in [-0.39, 0.29) is 11.2 Å². The maximum Gasteiger partial charge on any atom is 0.235 e. The van der Waals surface area contributed by atoms with Gasteiger partial charge in [-0.15, -0.1) is 11.8 Å². The Kier molecular flexibility index (Phi) is 4.07. The first-order valence-corrected chi connectivity index (χ1v) is 6.74. The smallest absolute Gasteiger partial charge is 0.235 e. The summed E-state index contributed by atoms with van der Waals surface area (Å²) >= 11 is 1.68. The first-order chi connectivity index (χ1) is 8.20. The van der Waals surface area contributed by atoms with Gasteiger partial charge in [-0.25, -0.2) is 0 Å². The highest BCUT2D eigenvalue weighted by Gasteiger charge is 2.29. The fraction of sp³-hybridized carbons (Fsp3) is 0.462. The predicted octanol–water partition coefficient (Wildman–Crippen LogP) is 1.73. The molecule has 4 heteroatoms. The summed E-state index contributed by atoms with van der Waals surface area (Å²) in [4.78, 5) is 14.8. The van der Waals surface area contributed by atoms with Crippen LogP contribution in [-0.2, 0) is 11.3 Å². The van der Waals surface area contributed by atoms with Crippen LogP contribution in [-0.4, -0.2) is 36.7 Å². The monoisotopic (exact) mass is 250 g/mol. The molecule has 0 aliphatic carbocycles. The molecule has 0 spiro atoms. The number of amides is 1. The topological polar surface area (TPSA) is 32.3 Å². The summed E-state index contributed by atoms with van der Waals surface area (Å²) in [5.74, 6) is 0.258. The molecular weight excluding hydrogens is 232 g/mol. The van der Waals surface area contributed by atoms with Crippen molar-refractivity contribution < 1.29 is 4.79 Å². The van der Waals surface area contributed by atoms with Crippen LogP contribution in [0.2, 0.25) is 0 Å². The zero-order valence-corrected chi connectivity index (χ0v) is 11.1. The molecule has 0 aromatic heterocycles. The largest absolute Gasteiger partial charge is 0.345 e. The van der Waals surface area contributed by atoms with E-state index in [1.54, 1.807) is 11.8 Å². The normalized spacial score (nSPS) is 20.0. The zero-order chi connectivity index (χ0) is 12.3. The third-order valence-corrected chi connectivity index (χ3v) is 4.18. The highest BCUT2D eigenvalue weighted by Crippen LogP contribution is 2.30. The lowest BCUT2D eigenvalue weighted by Crippen LogP contribution is -2.23. The van der Waals surface area contributed by atoms with Gasteiger partial charge < -0.3 is 10.2 Å². The summed E-state index contributed by atoms with van der Waals surface area (Å²) in [6.07, 6.45) is 0.955. The highest BCUT2D eigenvalue weighted by molar-refractivity contribution is 8.00. The summed E-state index contributed by atoms with van der Waals surface area (Å²) in [5.41, 5.74) is 1.26. The van der Waals surface area contributed by atoms with Gasteiger partial charge in [0.15, 0.2) is 0 Å². The Morgan fingerprint density at radius 3 is 3.00 bits per heavy atom. The Morgan fingerprint density at radius 2 is 2.35 bits per heavy atom. The Hall–Kier alpha value is -1.00. The molecular formula is C13H18N2OS. The Labute approximate surface area is 107 Å². The van der Waals surface area contributed by atoms with Crippen molar-refractivity contribution >= 4 is 17.7 Å². The molecule has 92 valence electrons. The third-order valence-electron chi connectivity index (χ3n) is 2.94. The summed E-state index contributed by atoms with van der Waals surface area (Å²) in [6, 6.07) is 8.39. The number of likely N-dealkylation sites (tertiary alicyclic amines) is 1. The highest BCUT2D eigenvalue weighted by atomic mass is 32.2. The number of carbonyl (C=O) groups is 1. The van der Waals surface area contributed by atoms with Crippen LogP contribution in [0.25, 0.3) is 0 Å². The number of rotatable bonds is 4. The number of thioether (sulfide) groups is 1. The molecule has 1 fully saturated rings. The first-order valence-electron chi connectivity index (χ1n) is 5.86. The molecule has 17 heavy (non-hydrogen) atoms. The lowest BCUT2D eigenvalue weighted by molar-refractivity contribution is -0.126. The van der Waals surface area contributed by atoms with Crippen LogP contribution in [0.3, 0.4) is 0 Å². The van der Waals surface area contributed by atoms with Crippen LogP contribution in [0, 0.1) is 0 Å². The fourth-order valence-corrected chi connectivity index (χ4v) is 3.21. The van der Waals surface area contributed by atoms with Gasteiger partial charge in [-0.3, -0.25) is 4.79 Å². The van der Waals surface area contributed by atoms with Crippen molar-refractivity contribution in [2.24, 2.45) is 0 Å². The molecule has 0 radical (unpaired) electrons. The molecule has 1 aromatic rings. The van der Waals surface area contributed by atoms with E-state index in [1.807, 2.05) is 19.0 Å².